The van der Waals surface area contributed by atoms with Gasteiger partial charge in [-0.05, 0) is 0 Å². The Morgan fingerprint density at radius 2 is 1.17 bits per heavy atom. The second-order valence-corrected chi connectivity index (χ2v) is 0. The van der Waals surface area contributed by atoms with Crippen molar-refractivity contribution in [3.63, 3.8) is 0 Å². The Balaban J connectivity index is 0. The molecule has 0 aliphatic rings. The number of hydrogen-bond acceptors (Lipinski definition) is 0. The third-order valence-electron chi connectivity index (χ3n) is 0. The van der Waals surface area contributed by atoms with E-state index in [9.17, 15) is 0 Å². The van der Waals surface area contributed by atoms with Crippen molar-refractivity contribution in [3.05, 3.63) is 0 Å². The van der Waals surface area contributed by atoms with Crippen LogP contribution in [0.15, 0.2) is 0 Å². The van der Waals surface area contributed by atoms with E-state index in [0.29, 0.717) is 0 Å². The van der Waals surface area contributed by atoms with Gasteiger partial charge in [0.25, 0.3) is 0 Å². The molecule has 0 spiro atoms. The van der Waals surface area contributed by atoms with Crippen molar-refractivity contribution < 1.29 is 22.8 Å². The standard InChI is InChI=1S/Ca.Fe.Mg.H3P.H2S.Si.4H/h;;;1H3;1H2;;;;;/q+2;;+2;;;;4*-1. The van der Waals surface area contributed by atoms with E-state index in [4.69, 9.17) is 0 Å². The van der Waals surface area contributed by atoms with Crippen LogP contribution in [-0.2, 0) is 17.1 Å². The van der Waals surface area contributed by atoms with Gasteiger partial charge in [0, 0.05) is 28.0 Å². The molecular weight excluding hydrogens is 211 g/mol. The molecule has 0 aromatic carbocycles. The van der Waals surface area contributed by atoms with E-state index in [-0.39, 0.29) is 118 Å². The van der Waals surface area contributed by atoms with Crippen LogP contribution in [0, 0.1) is 0 Å². The molecule has 1 unspecified atom stereocenters. The molecule has 0 aromatic rings. The second-order valence-electron chi connectivity index (χ2n) is 0. The molecule has 0 saturated heterocycles. The Kier molecular flexibility index (Phi) is 358. The van der Waals surface area contributed by atoms with Gasteiger partial charge in [0.2, 0.25) is 0 Å². The zero-order valence-electron chi connectivity index (χ0n) is 7.47. The van der Waals surface area contributed by atoms with E-state index >= 15 is 0 Å². The van der Waals surface area contributed by atoms with Crippen molar-refractivity contribution in [2.45, 2.75) is 0 Å². The molecule has 0 amide bonds. The first-order valence-electron chi connectivity index (χ1n) is 0. The molecule has 0 saturated carbocycles. The molecule has 0 heterocycles. The molecule has 0 fully saturated rings. The molecule has 4 radical (unpaired) electrons. The average molecular weight is 220 g/mol. The van der Waals surface area contributed by atoms with Crippen LogP contribution in [0.2, 0.25) is 0 Å². The van der Waals surface area contributed by atoms with Gasteiger partial charge in [-0.25, -0.2) is 0 Å². The van der Waals surface area contributed by atoms with Crippen molar-refractivity contribution in [1.82, 2.24) is 0 Å². The van der Waals surface area contributed by atoms with Crippen molar-refractivity contribution in [2.75, 3.05) is 0 Å². The summed E-state index contributed by atoms with van der Waals surface area (Å²) in [6, 6.07) is 0. The van der Waals surface area contributed by atoms with Gasteiger partial charge in [-0.3, -0.25) is 0 Å². The predicted molar refractivity (Wildman–Crippen MR) is 43.2 cm³/mol. The van der Waals surface area contributed by atoms with Crippen LogP contribution >= 0.6 is 23.4 Å². The first kappa shape index (κ1) is 55.5. The fourth-order valence-electron chi connectivity index (χ4n) is 0. The molecule has 0 aliphatic heterocycles. The zero-order chi connectivity index (χ0) is 0. The largest absolute Gasteiger partial charge is 2.00 e. The quantitative estimate of drug-likeness (QED) is 0.381. The van der Waals surface area contributed by atoms with E-state index in [2.05, 4.69) is 0 Å². The van der Waals surface area contributed by atoms with Gasteiger partial charge < -0.3 is 5.71 Å². The maximum atomic E-state index is 0. The Hall–Kier alpha value is 3.54. The van der Waals surface area contributed by atoms with E-state index < -0.39 is 0 Å². The minimum absolute atomic E-state index is 0. The fraction of sp³-hybridized carbons (Fsp3) is 0. The minimum Gasteiger partial charge on any atom is -1.00 e. The summed E-state index contributed by atoms with van der Waals surface area (Å²) in [7, 11) is 0. The summed E-state index contributed by atoms with van der Waals surface area (Å²) in [5.41, 5.74) is 0. The Labute approximate surface area is 116 Å². The molecule has 0 N–H and O–H groups in total. The van der Waals surface area contributed by atoms with Gasteiger partial charge in [0.15, 0.2) is 0 Å². The monoisotopic (exact) mass is 220 g/mol. The van der Waals surface area contributed by atoms with Crippen molar-refractivity contribution >= 4 is 95.2 Å². The molecule has 1 atom stereocenters. The topological polar surface area (TPSA) is 0 Å². The molecule has 36 valence electrons. The van der Waals surface area contributed by atoms with Gasteiger partial charge in [-0.15, -0.1) is 0 Å². The van der Waals surface area contributed by atoms with Gasteiger partial charge in [0.1, 0.15) is 0 Å². The summed E-state index contributed by atoms with van der Waals surface area (Å²) in [5.74, 6) is 0. The predicted octanol–water partition coefficient (Wildman–Crippen LogP) is -0.524. The first-order chi connectivity index (χ1) is 0. The summed E-state index contributed by atoms with van der Waals surface area (Å²) in [6.45, 7) is 0. The second kappa shape index (κ2) is 38.7. The maximum Gasteiger partial charge on any atom is 2.00 e. The molecule has 0 aromatic heterocycles. The van der Waals surface area contributed by atoms with Crippen molar-refractivity contribution in [3.8, 4) is 0 Å². The molecule has 0 rings (SSSR count). The normalized spacial score (nSPS) is 0. The Morgan fingerprint density at radius 3 is 1.17 bits per heavy atom. The van der Waals surface area contributed by atoms with Crippen LogP contribution < -0.4 is 0 Å². The Bertz CT molecular complexity index is 25.2. The smallest absolute Gasteiger partial charge is 1.00 e. The van der Waals surface area contributed by atoms with E-state index in [1.807, 2.05) is 0 Å². The summed E-state index contributed by atoms with van der Waals surface area (Å²) in [4.78, 5) is 0. The number of rotatable bonds is 0. The minimum atomic E-state index is 0. The van der Waals surface area contributed by atoms with Crippen molar-refractivity contribution in [2.24, 2.45) is 0 Å². The molecule has 0 aliphatic carbocycles. The molecular formula is H9CaFeMgPSSi. The van der Waals surface area contributed by atoms with E-state index in [1.54, 1.807) is 0 Å². The van der Waals surface area contributed by atoms with Crippen molar-refractivity contribution in [1.29, 1.82) is 0 Å². The van der Waals surface area contributed by atoms with Gasteiger partial charge >= 0.3 is 60.8 Å². The van der Waals surface area contributed by atoms with E-state index in [0.717, 1.165) is 0 Å². The van der Waals surface area contributed by atoms with Crippen LogP contribution in [0.3, 0.4) is 0 Å². The molecule has 0 bridgehead atoms. The summed E-state index contributed by atoms with van der Waals surface area (Å²) in [5, 5.41) is 0. The first-order valence-corrected chi connectivity index (χ1v) is 0. The zero-order valence-corrected chi connectivity index (χ0v) is 11.6. The van der Waals surface area contributed by atoms with E-state index in [1.165, 1.54) is 0 Å². The molecule has 0 nitrogen and oxygen atoms in total. The third kappa shape index (κ3) is 25.7. The van der Waals surface area contributed by atoms with Crippen LogP contribution in [0.4, 0.5) is 0 Å². The van der Waals surface area contributed by atoms with Gasteiger partial charge in [-0.2, -0.15) is 23.4 Å². The van der Waals surface area contributed by atoms with Crippen LogP contribution in [0.5, 0.6) is 0 Å². The van der Waals surface area contributed by atoms with Crippen LogP contribution in [-0.4, -0.2) is 71.8 Å². The maximum absolute atomic E-state index is 0. The van der Waals surface area contributed by atoms with Gasteiger partial charge in [-0.1, -0.05) is 0 Å². The summed E-state index contributed by atoms with van der Waals surface area (Å²) >= 11 is 0. The summed E-state index contributed by atoms with van der Waals surface area (Å²) in [6.07, 6.45) is 0. The SMILES string of the molecule is P.S.[Ca+2].[Fe].[H-].[H-].[H-].[H-].[Mg+2].[Si]. The molecule has 6 heteroatoms. The van der Waals surface area contributed by atoms with Crippen LogP contribution in [0.1, 0.15) is 5.71 Å². The van der Waals surface area contributed by atoms with Crippen LogP contribution in [0.25, 0.3) is 0 Å². The molecule has 6 heavy (non-hydrogen) atoms. The number of hydrogen-bond donors (Lipinski definition) is 0. The third-order valence-corrected chi connectivity index (χ3v) is 0. The average Bonchev–Trinajstić information content (AvgIpc) is 0. The Morgan fingerprint density at radius 1 is 1.17 bits per heavy atom. The summed E-state index contributed by atoms with van der Waals surface area (Å²) < 4.78 is 0. The fourth-order valence-corrected chi connectivity index (χ4v) is 0. The van der Waals surface area contributed by atoms with Gasteiger partial charge in [0.05, 0.1) is 0 Å².